The summed E-state index contributed by atoms with van der Waals surface area (Å²) in [7, 11) is 1.59. The van der Waals surface area contributed by atoms with E-state index in [2.05, 4.69) is 27.5 Å². The molecule has 0 aliphatic rings. The molecular formula is C22H22FN5O4. The first-order chi connectivity index (χ1) is 15.5. The number of benzene rings is 2. The summed E-state index contributed by atoms with van der Waals surface area (Å²) >= 11 is 0. The second-order valence-corrected chi connectivity index (χ2v) is 6.48. The van der Waals surface area contributed by atoms with Crippen molar-refractivity contribution in [2.24, 2.45) is 0 Å². The van der Waals surface area contributed by atoms with E-state index in [4.69, 9.17) is 9.47 Å². The quantitative estimate of drug-likeness (QED) is 0.192. The fourth-order valence-corrected chi connectivity index (χ4v) is 2.62. The van der Waals surface area contributed by atoms with Gasteiger partial charge in [-0.3, -0.25) is 4.79 Å². The highest BCUT2D eigenvalue weighted by atomic mass is 19.1. The minimum Gasteiger partial charge on any atom is -0.740 e. The minimum absolute atomic E-state index is 0.127. The Balaban J connectivity index is 1.74. The van der Waals surface area contributed by atoms with Gasteiger partial charge in [0.2, 0.25) is 17.5 Å². The van der Waals surface area contributed by atoms with Crippen LogP contribution in [0.5, 0.6) is 5.75 Å². The molecule has 0 saturated heterocycles. The van der Waals surface area contributed by atoms with Crippen LogP contribution in [0, 0.1) is 11.0 Å². The zero-order valence-electron chi connectivity index (χ0n) is 17.3. The number of ether oxygens (including phenoxy) is 2. The van der Waals surface area contributed by atoms with Crippen molar-refractivity contribution in [1.29, 1.82) is 0 Å². The maximum atomic E-state index is 14.3. The maximum absolute atomic E-state index is 14.3. The smallest absolute Gasteiger partial charge is 0.399 e. The number of carbonyl (C=O) groups is 1. The van der Waals surface area contributed by atoms with Gasteiger partial charge in [0.05, 0.1) is 12.3 Å². The van der Waals surface area contributed by atoms with Gasteiger partial charge in [0.25, 0.3) is 0 Å². The van der Waals surface area contributed by atoms with Crippen molar-refractivity contribution >= 4 is 34.7 Å². The number of aromatic nitrogens is 2. The number of halogens is 1. The molecule has 1 aromatic heterocycles. The first kappa shape index (κ1) is 22.5. The second-order valence-electron chi connectivity index (χ2n) is 6.48. The minimum atomic E-state index is -0.840. The average molecular weight is 439 g/mol. The van der Waals surface area contributed by atoms with Gasteiger partial charge in [-0.05, 0) is 53.5 Å². The highest BCUT2D eigenvalue weighted by molar-refractivity contribution is 5.99. The molecule has 0 aliphatic heterocycles. The molecule has 1 heterocycles. The van der Waals surface area contributed by atoms with Crippen LogP contribution >= 0.6 is 0 Å². The van der Waals surface area contributed by atoms with Crippen LogP contribution in [0.1, 0.15) is 0 Å². The number of nitrogens with one attached hydrogen (secondary N) is 3. The van der Waals surface area contributed by atoms with Crippen molar-refractivity contribution in [3.05, 3.63) is 78.4 Å². The van der Waals surface area contributed by atoms with Crippen LogP contribution in [0.4, 0.5) is 33.2 Å². The Kier molecular flexibility index (Phi) is 7.55. The van der Waals surface area contributed by atoms with Crippen molar-refractivity contribution in [2.45, 2.75) is 0 Å². The Bertz CT molecular complexity index is 1090. The Hall–Kier alpha value is -4.18. The van der Waals surface area contributed by atoms with Crippen molar-refractivity contribution in [3.63, 3.8) is 0 Å². The normalized spacial score (nSPS) is 10.3. The summed E-state index contributed by atoms with van der Waals surface area (Å²) < 4.78 is 25.1. The molecule has 9 nitrogen and oxygen atoms in total. The van der Waals surface area contributed by atoms with Crippen LogP contribution in [-0.4, -0.2) is 31.2 Å². The van der Waals surface area contributed by atoms with E-state index in [-0.39, 0.29) is 17.7 Å². The predicted molar refractivity (Wildman–Crippen MR) is 119 cm³/mol. The molecule has 0 spiro atoms. The Morgan fingerprint density at radius 3 is 2.62 bits per heavy atom. The van der Waals surface area contributed by atoms with E-state index in [9.17, 15) is 14.4 Å². The van der Waals surface area contributed by atoms with E-state index in [1.54, 1.807) is 55.6 Å². The third-order valence-corrected chi connectivity index (χ3v) is 4.13. The van der Waals surface area contributed by atoms with Gasteiger partial charge in [0.1, 0.15) is 18.6 Å². The SMILES string of the molecule is C=CC(=O)Nc1cccc(Nc2nc(Nc3ccc(OCCOC)cc3)[n+]([O-])cc2F)c1. The van der Waals surface area contributed by atoms with Crippen LogP contribution in [-0.2, 0) is 9.53 Å². The Labute approximate surface area is 184 Å². The molecule has 10 heteroatoms. The summed E-state index contributed by atoms with van der Waals surface area (Å²) in [6.07, 6.45) is 1.91. The summed E-state index contributed by atoms with van der Waals surface area (Å²) in [6.45, 7) is 4.27. The zero-order valence-corrected chi connectivity index (χ0v) is 17.3. The summed E-state index contributed by atoms with van der Waals surface area (Å²) in [5.74, 6) is -0.863. The number of carbonyl (C=O) groups excluding carboxylic acids is 1. The first-order valence-corrected chi connectivity index (χ1v) is 9.57. The number of rotatable bonds is 10. The molecule has 3 rings (SSSR count). The number of anilines is 5. The van der Waals surface area contributed by atoms with Crippen LogP contribution in [0.3, 0.4) is 0 Å². The predicted octanol–water partition coefficient (Wildman–Crippen LogP) is 3.49. The molecule has 0 aliphatic carbocycles. The highest BCUT2D eigenvalue weighted by Gasteiger charge is 2.17. The Morgan fingerprint density at radius 2 is 1.91 bits per heavy atom. The topological polar surface area (TPSA) is 111 Å². The monoisotopic (exact) mass is 439 g/mol. The molecule has 1 amide bonds. The van der Waals surface area contributed by atoms with E-state index in [1.165, 1.54) is 0 Å². The first-order valence-electron chi connectivity index (χ1n) is 9.57. The lowest BCUT2D eigenvalue weighted by molar-refractivity contribution is -0.594. The van der Waals surface area contributed by atoms with E-state index >= 15 is 0 Å². The van der Waals surface area contributed by atoms with Gasteiger partial charge in [-0.2, -0.15) is 4.39 Å². The molecule has 0 unspecified atom stereocenters. The Morgan fingerprint density at radius 1 is 1.16 bits per heavy atom. The maximum Gasteiger partial charge on any atom is 0.399 e. The van der Waals surface area contributed by atoms with Crippen molar-refractivity contribution in [3.8, 4) is 5.75 Å². The lowest BCUT2D eigenvalue weighted by atomic mass is 10.2. The molecule has 0 saturated carbocycles. The van der Waals surface area contributed by atoms with Gasteiger partial charge in [0, 0.05) is 18.5 Å². The number of hydrogen-bond acceptors (Lipinski definition) is 7. The van der Waals surface area contributed by atoms with Crippen LogP contribution < -0.4 is 25.4 Å². The van der Waals surface area contributed by atoms with Gasteiger partial charge >= 0.3 is 5.95 Å². The summed E-state index contributed by atoms with van der Waals surface area (Å²) in [5.41, 5.74) is 1.51. The zero-order chi connectivity index (χ0) is 22.9. The molecule has 0 atom stereocenters. The molecule has 0 radical (unpaired) electrons. The number of methoxy groups -OCH3 is 1. The standard InChI is InChI=1S/C22H22FN5O4/c1-3-20(29)24-16-5-4-6-17(13-16)25-21-19(23)14-28(30)22(27-21)26-15-7-9-18(10-8-15)32-12-11-31-2/h3-10,13-14H,1,11-12H2,2H3,(H,24,29)(H2,25,26,27). The fourth-order valence-electron chi connectivity index (χ4n) is 2.62. The van der Waals surface area contributed by atoms with Crippen molar-refractivity contribution < 1.29 is 23.4 Å². The van der Waals surface area contributed by atoms with E-state index in [1.807, 2.05) is 0 Å². The van der Waals surface area contributed by atoms with E-state index in [0.29, 0.717) is 40.8 Å². The van der Waals surface area contributed by atoms with Gasteiger partial charge in [-0.1, -0.05) is 12.6 Å². The van der Waals surface area contributed by atoms with E-state index in [0.717, 1.165) is 12.3 Å². The average Bonchev–Trinajstić information content (AvgIpc) is 2.78. The molecule has 3 aromatic rings. The van der Waals surface area contributed by atoms with Crippen molar-refractivity contribution in [2.75, 3.05) is 36.3 Å². The van der Waals surface area contributed by atoms with Crippen LogP contribution in [0.2, 0.25) is 0 Å². The third kappa shape index (κ3) is 6.16. The lowest BCUT2D eigenvalue weighted by Gasteiger charge is -2.12. The molecule has 166 valence electrons. The van der Waals surface area contributed by atoms with Crippen molar-refractivity contribution in [1.82, 2.24) is 4.98 Å². The van der Waals surface area contributed by atoms with Gasteiger partial charge in [-0.15, -0.1) is 0 Å². The third-order valence-electron chi connectivity index (χ3n) is 4.13. The molecule has 3 N–H and O–H groups in total. The summed E-state index contributed by atoms with van der Waals surface area (Å²) in [5, 5.41) is 20.4. The lowest BCUT2D eigenvalue weighted by Crippen LogP contribution is -2.32. The highest BCUT2D eigenvalue weighted by Crippen LogP contribution is 2.23. The molecule has 0 bridgehead atoms. The number of nitrogens with zero attached hydrogens (tertiary/aromatic N) is 2. The summed E-state index contributed by atoms with van der Waals surface area (Å²) in [4.78, 5) is 15.5. The van der Waals surface area contributed by atoms with Crippen LogP contribution in [0.25, 0.3) is 0 Å². The fraction of sp³-hybridized carbons (Fsp3) is 0.136. The van der Waals surface area contributed by atoms with Crippen LogP contribution in [0.15, 0.2) is 67.4 Å². The van der Waals surface area contributed by atoms with Gasteiger partial charge in [-0.25, -0.2) is 10.0 Å². The molecule has 0 fully saturated rings. The molecular weight excluding hydrogens is 417 g/mol. The number of amides is 1. The largest absolute Gasteiger partial charge is 0.740 e. The second kappa shape index (κ2) is 10.7. The van der Waals surface area contributed by atoms with E-state index < -0.39 is 5.82 Å². The molecule has 2 aromatic carbocycles. The summed E-state index contributed by atoms with van der Waals surface area (Å²) in [6, 6.07) is 13.4. The number of hydrogen-bond donors (Lipinski definition) is 3. The molecule has 32 heavy (non-hydrogen) atoms. The van der Waals surface area contributed by atoms with Gasteiger partial charge in [0.15, 0.2) is 0 Å². The van der Waals surface area contributed by atoms with Gasteiger partial charge < -0.3 is 25.3 Å².